The first kappa shape index (κ1) is 20.6. The van der Waals surface area contributed by atoms with Gasteiger partial charge in [0.2, 0.25) is 5.91 Å². The van der Waals surface area contributed by atoms with Crippen molar-refractivity contribution in [3.05, 3.63) is 60.4 Å². The summed E-state index contributed by atoms with van der Waals surface area (Å²) >= 11 is 1.38. The zero-order valence-corrected chi connectivity index (χ0v) is 17.8. The van der Waals surface area contributed by atoms with Crippen molar-refractivity contribution in [2.75, 3.05) is 12.3 Å². The van der Waals surface area contributed by atoms with Crippen LogP contribution in [0, 0.1) is 5.82 Å². The van der Waals surface area contributed by atoms with E-state index in [0.717, 1.165) is 37.1 Å². The van der Waals surface area contributed by atoms with Crippen LogP contribution in [0.3, 0.4) is 0 Å². The number of likely N-dealkylation sites (tertiary alicyclic amines) is 1. The van der Waals surface area contributed by atoms with Crippen LogP contribution in [0.25, 0.3) is 17.1 Å². The Morgan fingerprint density at radius 1 is 1.10 bits per heavy atom. The molecule has 2 heterocycles. The summed E-state index contributed by atoms with van der Waals surface area (Å²) < 4.78 is 15.4. The van der Waals surface area contributed by atoms with E-state index < -0.39 is 0 Å². The molecule has 1 atom stereocenters. The summed E-state index contributed by atoms with van der Waals surface area (Å²) in [6, 6.07) is 16.3. The fourth-order valence-corrected chi connectivity index (χ4v) is 4.76. The summed E-state index contributed by atoms with van der Waals surface area (Å²) in [6.45, 7) is 2.97. The molecule has 0 aliphatic carbocycles. The first-order valence-corrected chi connectivity index (χ1v) is 11.3. The Morgan fingerprint density at radius 2 is 1.87 bits per heavy atom. The van der Waals surface area contributed by atoms with Crippen molar-refractivity contribution in [3.8, 4) is 17.1 Å². The van der Waals surface area contributed by atoms with Gasteiger partial charge in [-0.15, -0.1) is 10.2 Å². The number of piperidine rings is 1. The van der Waals surface area contributed by atoms with Gasteiger partial charge < -0.3 is 4.90 Å². The molecular weight excluding hydrogens is 399 g/mol. The molecule has 0 spiro atoms. The average Bonchev–Trinajstić information content (AvgIpc) is 3.22. The van der Waals surface area contributed by atoms with E-state index in [1.165, 1.54) is 30.3 Å². The Labute approximate surface area is 180 Å². The van der Waals surface area contributed by atoms with Crippen LogP contribution in [0.1, 0.15) is 32.6 Å². The molecule has 1 amide bonds. The van der Waals surface area contributed by atoms with E-state index in [1.807, 2.05) is 39.8 Å². The van der Waals surface area contributed by atoms with E-state index in [1.54, 1.807) is 12.1 Å². The third-order valence-electron chi connectivity index (χ3n) is 5.49. The number of carbonyl (C=O) groups excluding carboxylic acids is 1. The normalized spacial score (nSPS) is 16.6. The maximum Gasteiger partial charge on any atom is 0.233 e. The molecule has 7 heteroatoms. The smallest absolute Gasteiger partial charge is 0.233 e. The van der Waals surface area contributed by atoms with Crippen molar-refractivity contribution < 1.29 is 9.18 Å². The standard InChI is InChI=1S/C23H25FN4OS/c1-2-19-10-6-7-15-27(19)21(29)16-30-23-26-25-22(17-8-4-3-5-9-17)28(23)20-13-11-18(24)12-14-20/h3-5,8-9,11-14,19H,2,6-7,10,15-16H2,1H3. The molecule has 30 heavy (non-hydrogen) atoms. The Bertz CT molecular complexity index is 990. The van der Waals surface area contributed by atoms with E-state index in [0.29, 0.717) is 22.8 Å². The van der Waals surface area contributed by atoms with Crippen molar-refractivity contribution >= 4 is 17.7 Å². The van der Waals surface area contributed by atoms with Crippen LogP contribution < -0.4 is 0 Å². The van der Waals surface area contributed by atoms with Crippen LogP contribution in [0.5, 0.6) is 0 Å². The molecule has 1 unspecified atom stereocenters. The molecule has 0 bridgehead atoms. The molecule has 0 saturated carbocycles. The molecule has 0 radical (unpaired) electrons. The highest BCUT2D eigenvalue weighted by molar-refractivity contribution is 7.99. The zero-order chi connectivity index (χ0) is 20.9. The lowest BCUT2D eigenvalue weighted by atomic mass is 10.0. The van der Waals surface area contributed by atoms with Gasteiger partial charge in [0.05, 0.1) is 5.75 Å². The van der Waals surface area contributed by atoms with Crippen molar-refractivity contribution in [1.29, 1.82) is 0 Å². The van der Waals surface area contributed by atoms with E-state index in [9.17, 15) is 9.18 Å². The van der Waals surface area contributed by atoms with Crippen LogP contribution in [0.4, 0.5) is 4.39 Å². The van der Waals surface area contributed by atoms with Gasteiger partial charge in [0.15, 0.2) is 11.0 Å². The van der Waals surface area contributed by atoms with Gasteiger partial charge >= 0.3 is 0 Å². The predicted molar refractivity (Wildman–Crippen MR) is 117 cm³/mol. The van der Waals surface area contributed by atoms with E-state index >= 15 is 0 Å². The minimum Gasteiger partial charge on any atom is -0.339 e. The highest BCUT2D eigenvalue weighted by Crippen LogP contribution is 2.29. The predicted octanol–water partition coefficient (Wildman–Crippen LogP) is 4.96. The highest BCUT2D eigenvalue weighted by Gasteiger charge is 2.26. The largest absolute Gasteiger partial charge is 0.339 e. The van der Waals surface area contributed by atoms with Crippen LogP contribution in [0.2, 0.25) is 0 Å². The molecule has 4 rings (SSSR count). The maximum absolute atomic E-state index is 13.5. The molecule has 2 aromatic carbocycles. The molecule has 3 aromatic rings. The second-order valence-electron chi connectivity index (χ2n) is 7.42. The number of aromatic nitrogens is 3. The first-order chi connectivity index (χ1) is 14.7. The van der Waals surface area contributed by atoms with Crippen molar-refractivity contribution in [1.82, 2.24) is 19.7 Å². The second kappa shape index (κ2) is 9.43. The minimum atomic E-state index is -0.298. The lowest BCUT2D eigenvalue weighted by Crippen LogP contribution is -2.44. The summed E-state index contributed by atoms with van der Waals surface area (Å²) in [5, 5.41) is 9.36. The van der Waals surface area contributed by atoms with Gasteiger partial charge in [0.25, 0.3) is 0 Å². The lowest BCUT2D eigenvalue weighted by molar-refractivity contribution is -0.132. The van der Waals surface area contributed by atoms with Gasteiger partial charge in [-0.2, -0.15) is 0 Å². The van der Waals surface area contributed by atoms with Crippen molar-refractivity contribution in [2.24, 2.45) is 0 Å². The molecular formula is C23H25FN4OS. The SMILES string of the molecule is CCC1CCCCN1C(=O)CSc1nnc(-c2ccccc2)n1-c1ccc(F)cc1. The molecule has 1 aliphatic rings. The molecule has 1 saturated heterocycles. The molecule has 1 fully saturated rings. The van der Waals surface area contributed by atoms with Gasteiger partial charge in [-0.25, -0.2) is 4.39 Å². The zero-order valence-electron chi connectivity index (χ0n) is 17.0. The highest BCUT2D eigenvalue weighted by atomic mass is 32.2. The topological polar surface area (TPSA) is 51.0 Å². The molecule has 1 aliphatic heterocycles. The Balaban J connectivity index is 1.61. The van der Waals surface area contributed by atoms with Crippen LogP contribution in [0.15, 0.2) is 59.8 Å². The van der Waals surface area contributed by atoms with Gasteiger partial charge in [-0.3, -0.25) is 9.36 Å². The van der Waals surface area contributed by atoms with E-state index in [2.05, 4.69) is 17.1 Å². The maximum atomic E-state index is 13.5. The number of benzene rings is 2. The fraction of sp³-hybridized carbons (Fsp3) is 0.348. The number of carbonyl (C=O) groups is 1. The number of hydrogen-bond donors (Lipinski definition) is 0. The summed E-state index contributed by atoms with van der Waals surface area (Å²) in [6.07, 6.45) is 4.32. The Morgan fingerprint density at radius 3 is 2.60 bits per heavy atom. The Kier molecular flexibility index (Phi) is 6.47. The van der Waals surface area contributed by atoms with Crippen LogP contribution in [-0.4, -0.2) is 43.9 Å². The molecule has 156 valence electrons. The number of nitrogens with zero attached hydrogens (tertiary/aromatic N) is 4. The van der Waals surface area contributed by atoms with E-state index in [4.69, 9.17) is 0 Å². The first-order valence-electron chi connectivity index (χ1n) is 10.4. The van der Waals surface area contributed by atoms with E-state index in [-0.39, 0.29) is 11.7 Å². The third kappa shape index (κ3) is 4.41. The number of amides is 1. The molecule has 1 aromatic heterocycles. The third-order valence-corrected chi connectivity index (χ3v) is 6.41. The molecule has 0 N–H and O–H groups in total. The van der Waals surface area contributed by atoms with Crippen LogP contribution >= 0.6 is 11.8 Å². The molecule has 5 nitrogen and oxygen atoms in total. The fourth-order valence-electron chi connectivity index (χ4n) is 3.92. The monoisotopic (exact) mass is 424 g/mol. The number of halogens is 1. The van der Waals surface area contributed by atoms with Gasteiger partial charge in [-0.1, -0.05) is 49.0 Å². The number of hydrogen-bond acceptors (Lipinski definition) is 4. The second-order valence-corrected chi connectivity index (χ2v) is 8.36. The lowest BCUT2D eigenvalue weighted by Gasteiger charge is -2.35. The average molecular weight is 425 g/mol. The Hall–Kier alpha value is -2.67. The minimum absolute atomic E-state index is 0.140. The number of thioether (sulfide) groups is 1. The summed E-state index contributed by atoms with van der Waals surface area (Å²) in [4.78, 5) is 14.9. The van der Waals surface area contributed by atoms with Crippen LogP contribution in [-0.2, 0) is 4.79 Å². The number of rotatable bonds is 6. The van der Waals surface area contributed by atoms with Gasteiger partial charge in [-0.05, 0) is 49.9 Å². The van der Waals surface area contributed by atoms with Gasteiger partial charge in [0, 0.05) is 23.8 Å². The van der Waals surface area contributed by atoms with Crippen molar-refractivity contribution in [3.63, 3.8) is 0 Å². The van der Waals surface area contributed by atoms with Gasteiger partial charge in [0.1, 0.15) is 5.82 Å². The van der Waals surface area contributed by atoms with Crippen molar-refractivity contribution in [2.45, 2.75) is 43.8 Å². The summed E-state index contributed by atoms with van der Waals surface area (Å²) in [5.74, 6) is 0.821. The quantitative estimate of drug-likeness (QED) is 0.525. The summed E-state index contributed by atoms with van der Waals surface area (Å²) in [7, 11) is 0. The summed E-state index contributed by atoms with van der Waals surface area (Å²) in [5.41, 5.74) is 1.68.